The SMILES string of the molecule is CNc1cccc(COC2CCCCO2)c1. The highest BCUT2D eigenvalue weighted by Crippen LogP contribution is 2.17. The first kappa shape index (κ1) is 11.4. The molecular formula is C13H19NO2. The van der Waals surface area contributed by atoms with E-state index in [2.05, 4.69) is 17.4 Å². The molecule has 1 heterocycles. The van der Waals surface area contributed by atoms with Gasteiger partial charge in [-0.15, -0.1) is 0 Å². The predicted molar refractivity (Wildman–Crippen MR) is 64.4 cm³/mol. The molecule has 2 rings (SSSR count). The van der Waals surface area contributed by atoms with Gasteiger partial charge in [0.2, 0.25) is 0 Å². The molecule has 1 fully saturated rings. The van der Waals surface area contributed by atoms with Crippen molar-refractivity contribution in [3.63, 3.8) is 0 Å². The Morgan fingerprint density at radius 1 is 1.44 bits per heavy atom. The second-order valence-electron chi connectivity index (χ2n) is 4.06. The summed E-state index contributed by atoms with van der Waals surface area (Å²) in [7, 11) is 1.92. The van der Waals surface area contributed by atoms with Gasteiger partial charge < -0.3 is 14.8 Å². The highest BCUT2D eigenvalue weighted by Gasteiger charge is 2.13. The van der Waals surface area contributed by atoms with E-state index in [0.717, 1.165) is 25.1 Å². The van der Waals surface area contributed by atoms with Gasteiger partial charge in [0, 0.05) is 19.3 Å². The second kappa shape index (κ2) is 5.87. The van der Waals surface area contributed by atoms with E-state index in [-0.39, 0.29) is 6.29 Å². The van der Waals surface area contributed by atoms with Crippen molar-refractivity contribution in [2.45, 2.75) is 32.2 Å². The molecule has 1 aromatic rings. The first-order valence-electron chi connectivity index (χ1n) is 5.88. The van der Waals surface area contributed by atoms with E-state index in [9.17, 15) is 0 Å². The zero-order chi connectivity index (χ0) is 11.2. The number of anilines is 1. The maximum atomic E-state index is 5.72. The highest BCUT2D eigenvalue weighted by atomic mass is 16.7. The maximum Gasteiger partial charge on any atom is 0.158 e. The molecule has 0 aliphatic carbocycles. The normalized spacial score (nSPS) is 20.7. The minimum absolute atomic E-state index is 0.00741. The molecule has 1 aliphatic rings. The minimum Gasteiger partial charge on any atom is -0.388 e. The van der Waals surface area contributed by atoms with Crippen LogP contribution in [0, 0.1) is 0 Å². The first-order chi connectivity index (χ1) is 7.88. The number of rotatable bonds is 4. The number of benzene rings is 1. The third kappa shape index (κ3) is 3.22. The van der Waals surface area contributed by atoms with Crippen molar-refractivity contribution in [1.29, 1.82) is 0 Å². The van der Waals surface area contributed by atoms with Crippen LogP contribution in [0.25, 0.3) is 0 Å². The molecule has 1 aliphatic heterocycles. The van der Waals surface area contributed by atoms with Crippen molar-refractivity contribution >= 4 is 5.69 Å². The molecule has 1 aromatic carbocycles. The molecule has 0 saturated carbocycles. The smallest absolute Gasteiger partial charge is 0.158 e. The van der Waals surface area contributed by atoms with Gasteiger partial charge in [-0.3, -0.25) is 0 Å². The fraction of sp³-hybridized carbons (Fsp3) is 0.538. The third-order valence-electron chi connectivity index (χ3n) is 2.79. The van der Waals surface area contributed by atoms with E-state index >= 15 is 0 Å². The molecule has 88 valence electrons. The summed E-state index contributed by atoms with van der Waals surface area (Å²) < 4.78 is 11.2. The monoisotopic (exact) mass is 221 g/mol. The van der Waals surface area contributed by atoms with Gasteiger partial charge in [-0.1, -0.05) is 12.1 Å². The molecular weight excluding hydrogens is 202 g/mol. The van der Waals surface area contributed by atoms with Crippen LogP contribution in [0.2, 0.25) is 0 Å². The van der Waals surface area contributed by atoms with E-state index in [1.54, 1.807) is 0 Å². The lowest BCUT2D eigenvalue weighted by Crippen LogP contribution is -2.21. The quantitative estimate of drug-likeness (QED) is 0.848. The number of nitrogens with one attached hydrogen (secondary N) is 1. The predicted octanol–water partition coefficient (Wildman–Crippen LogP) is 2.77. The largest absolute Gasteiger partial charge is 0.388 e. The molecule has 16 heavy (non-hydrogen) atoms. The van der Waals surface area contributed by atoms with Crippen molar-refractivity contribution < 1.29 is 9.47 Å². The molecule has 3 heteroatoms. The van der Waals surface area contributed by atoms with E-state index < -0.39 is 0 Å². The molecule has 3 nitrogen and oxygen atoms in total. The summed E-state index contributed by atoms with van der Waals surface area (Å²) in [5.74, 6) is 0. The Labute approximate surface area is 96.8 Å². The van der Waals surface area contributed by atoms with Gasteiger partial charge in [-0.2, -0.15) is 0 Å². The van der Waals surface area contributed by atoms with Gasteiger partial charge in [0.05, 0.1) is 6.61 Å². The first-order valence-corrected chi connectivity index (χ1v) is 5.88. The Morgan fingerprint density at radius 3 is 3.12 bits per heavy atom. The minimum atomic E-state index is -0.00741. The Kier molecular flexibility index (Phi) is 4.19. The van der Waals surface area contributed by atoms with Gasteiger partial charge in [-0.05, 0) is 37.0 Å². The molecule has 0 bridgehead atoms. The summed E-state index contributed by atoms with van der Waals surface area (Å²) >= 11 is 0. The topological polar surface area (TPSA) is 30.5 Å². The van der Waals surface area contributed by atoms with Crippen LogP contribution in [0.1, 0.15) is 24.8 Å². The van der Waals surface area contributed by atoms with Crippen molar-refractivity contribution in [2.75, 3.05) is 19.0 Å². The molecule has 1 unspecified atom stereocenters. The molecule has 0 amide bonds. The molecule has 0 aromatic heterocycles. The van der Waals surface area contributed by atoms with Crippen LogP contribution in [0.3, 0.4) is 0 Å². The van der Waals surface area contributed by atoms with Gasteiger partial charge >= 0.3 is 0 Å². The van der Waals surface area contributed by atoms with Crippen molar-refractivity contribution in [2.24, 2.45) is 0 Å². The van der Waals surface area contributed by atoms with Gasteiger partial charge in [0.25, 0.3) is 0 Å². The van der Waals surface area contributed by atoms with Crippen molar-refractivity contribution in [3.05, 3.63) is 29.8 Å². The van der Waals surface area contributed by atoms with Crippen molar-refractivity contribution in [3.8, 4) is 0 Å². The standard InChI is InChI=1S/C13H19NO2/c1-14-12-6-4-5-11(9-12)10-16-13-7-2-3-8-15-13/h4-6,9,13-14H,2-3,7-8,10H2,1H3. The molecule has 1 atom stereocenters. The van der Waals surface area contributed by atoms with Crippen LogP contribution in [-0.4, -0.2) is 19.9 Å². The van der Waals surface area contributed by atoms with E-state index in [1.807, 2.05) is 19.2 Å². The van der Waals surface area contributed by atoms with Crippen molar-refractivity contribution in [1.82, 2.24) is 0 Å². The maximum absolute atomic E-state index is 5.72. The summed E-state index contributed by atoms with van der Waals surface area (Å²) in [4.78, 5) is 0. The van der Waals surface area contributed by atoms with Crippen LogP contribution < -0.4 is 5.32 Å². The Hall–Kier alpha value is -1.06. The Morgan fingerprint density at radius 2 is 2.38 bits per heavy atom. The lowest BCUT2D eigenvalue weighted by molar-refractivity contribution is -0.168. The fourth-order valence-electron chi connectivity index (χ4n) is 1.85. The summed E-state index contributed by atoms with van der Waals surface area (Å²) in [6.45, 7) is 1.46. The highest BCUT2D eigenvalue weighted by molar-refractivity contribution is 5.44. The van der Waals surface area contributed by atoms with Crippen LogP contribution >= 0.6 is 0 Å². The number of hydrogen-bond donors (Lipinski definition) is 1. The Balaban J connectivity index is 1.83. The average molecular weight is 221 g/mol. The van der Waals surface area contributed by atoms with Gasteiger partial charge in [0.1, 0.15) is 0 Å². The number of ether oxygens (including phenoxy) is 2. The van der Waals surface area contributed by atoms with Crippen LogP contribution in [0.15, 0.2) is 24.3 Å². The number of hydrogen-bond acceptors (Lipinski definition) is 3. The van der Waals surface area contributed by atoms with E-state index in [1.165, 1.54) is 12.0 Å². The summed E-state index contributed by atoms with van der Waals surface area (Å²) in [5.41, 5.74) is 2.30. The molecule has 0 spiro atoms. The lowest BCUT2D eigenvalue weighted by atomic mass is 10.2. The lowest BCUT2D eigenvalue weighted by Gasteiger charge is -2.22. The zero-order valence-corrected chi connectivity index (χ0v) is 9.74. The summed E-state index contributed by atoms with van der Waals surface area (Å²) in [5, 5.41) is 3.12. The summed E-state index contributed by atoms with van der Waals surface area (Å²) in [6, 6.07) is 8.25. The molecule has 1 saturated heterocycles. The Bertz CT molecular complexity index is 321. The van der Waals surface area contributed by atoms with Crippen LogP contribution in [-0.2, 0) is 16.1 Å². The van der Waals surface area contributed by atoms with Crippen LogP contribution in [0.4, 0.5) is 5.69 Å². The van der Waals surface area contributed by atoms with Gasteiger partial charge in [-0.25, -0.2) is 0 Å². The van der Waals surface area contributed by atoms with E-state index in [0.29, 0.717) is 6.61 Å². The second-order valence-corrected chi connectivity index (χ2v) is 4.06. The molecule has 0 radical (unpaired) electrons. The third-order valence-corrected chi connectivity index (χ3v) is 2.79. The molecule has 1 N–H and O–H groups in total. The zero-order valence-electron chi connectivity index (χ0n) is 9.74. The van der Waals surface area contributed by atoms with Gasteiger partial charge in [0.15, 0.2) is 6.29 Å². The summed E-state index contributed by atoms with van der Waals surface area (Å²) in [6.07, 6.45) is 3.38. The van der Waals surface area contributed by atoms with Crippen LogP contribution in [0.5, 0.6) is 0 Å². The average Bonchev–Trinajstić information content (AvgIpc) is 2.38. The fourth-order valence-corrected chi connectivity index (χ4v) is 1.85. The van der Waals surface area contributed by atoms with E-state index in [4.69, 9.17) is 9.47 Å².